The summed E-state index contributed by atoms with van der Waals surface area (Å²) in [6.07, 6.45) is 0. The quantitative estimate of drug-likeness (QED) is 0.469. The van der Waals surface area contributed by atoms with E-state index in [1.54, 1.807) is 65.6 Å². The molecule has 27 heavy (non-hydrogen) atoms. The van der Waals surface area contributed by atoms with Gasteiger partial charge in [0.1, 0.15) is 11.6 Å². The van der Waals surface area contributed by atoms with Crippen LogP contribution in [0.3, 0.4) is 0 Å². The Morgan fingerprint density at radius 2 is 1.74 bits per heavy atom. The van der Waals surface area contributed by atoms with Gasteiger partial charge in [-0.05, 0) is 85.1 Å². The average Bonchev–Trinajstić information content (AvgIpc) is 2.82. The first-order chi connectivity index (χ1) is 12.7. The largest absolute Gasteiger partial charge is 0.304 e. The van der Waals surface area contributed by atoms with Crippen molar-refractivity contribution >= 4 is 57.2 Å². The van der Waals surface area contributed by atoms with Gasteiger partial charge in [0.05, 0.1) is 26.5 Å². The molecule has 0 aromatic heterocycles. The summed E-state index contributed by atoms with van der Waals surface area (Å²) in [5.41, 5.74) is 0.271. The number of carbonyl (C=O) groups is 1. The Hall–Kier alpha value is -2.56. The average molecular weight is 490 g/mol. The highest BCUT2D eigenvalue weighted by molar-refractivity contribution is 14.1. The smallest absolute Gasteiger partial charge is 0.259 e. The third kappa shape index (κ3) is 2.95. The highest BCUT2D eigenvalue weighted by Gasteiger charge is 2.51. The lowest BCUT2D eigenvalue weighted by Gasteiger charge is -2.29. The van der Waals surface area contributed by atoms with Crippen molar-refractivity contribution in [1.82, 2.24) is 0 Å². The zero-order valence-corrected chi connectivity index (χ0v) is 17.3. The molecule has 0 aliphatic carbocycles. The molecule has 2 aromatic rings. The van der Waals surface area contributed by atoms with E-state index in [4.69, 9.17) is 22.7 Å². The molecular weight excluding hydrogens is 478 g/mol. The lowest BCUT2D eigenvalue weighted by atomic mass is 10.0. The maximum atomic E-state index is 14.9. The Kier molecular flexibility index (Phi) is 4.89. The molecule has 1 aliphatic heterocycles. The van der Waals surface area contributed by atoms with Gasteiger partial charge in [0.25, 0.3) is 5.91 Å². The lowest BCUT2D eigenvalue weighted by Crippen LogP contribution is -2.44. The molecule has 0 radical (unpaired) electrons. The highest BCUT2D eigenvalue weighted by atomic mass is 127. The van der Waals surface area contributed by atoms with Gasteiger partial charge < -0.3 is 4.90 Å². The summed E-state index contributed by atoms with van der Waals surface area (Å²) >= 11 is 7.25. The van der Waals surface area contributed by atoms with Crippen molar-refractivity contribution in [1.29, 1.82) is 10.5 Å². The van der Waals surface area contributed by atoms with E-state index in [9.17, 15) is 9.18 Å². The molecule has 3 rings (SSSR count). The minimum atomic E-state index is -1.04. The Morgan fingerprint density at radius 3 is 2.30 bits per heavy atom. The number of halogens is 2. The third-order valence-corrected chi connectivity index (χ3v) is 5.77. The van der Waals surface area contributed by atoms with Gasteiger partial charge in [-0.3, -0.25) is 9.69 Å². The number of benzene rings is 2. The first-order valence-corrected chi connectivity index (χ1v) is 9.29. The highest BCUT2D eigenvalue weighted by Crippen LogP contribution is 2.38. The van der Waals surface area contributed by atoms with Crippen LogP contribution in [0.4, 0.5) is 15.8 Å². The second-order valence-electron chi connectivity index (χ2n) is 6.35. The standard InChI is InChI=1S/C19H12FIN4OS/c1-19(2)17(26)24(14-8-5-12(10-23)16(21)15(14)20)18(27)25(19)13-6-3-11(9-22)4-7-13/h3-8H,1-2H3. The van der Waals surface area contributed by atoms with E-state index < -0.39 is 11.4 Å². The van der Waals surface area contributed by atoms with Crippen LogP contribution in [0.2, 0.25) is 0 Å². The van der Waals surface area contributed by atoms with Crippen molar-refractivity contribution in [3.8, 4) is 12.1 Å². The summed E-state index contributed by atoms with van der Waals surface area (Å²) in [6.45, 7) is 3.40. The number of thiocarbonyl (C=S) groups is 1. The summed E-state index contributed by atoms with van der Waals surface area (Å²) in [6, 6.07) is 13.5. The Balaban J connectivity index is 2.11. The van der Waals surface area contributed by atoms with Crippen LogP contribution in [-0.4, -0.2) is 16.6 Å². The molecule has 1 saturated heterocycles. The van der Waals surface area contributed by atoms with Crippen molar-refractivity contribution in [2.45, 2.75) is 19.4 Å². The minimum absolute atomic E-state index is 0.0117. The summed E-state index contributed by atoms with van der Waals surface area (Å²) in [7, 11) is 0. The van der Waals surface area contributed by atoms with Gasteiger partial charge >= 0.3 is 0 Å². The predicted octanol–water partition coefficient (Wildman–Crippen LogP) is 4.09. The Morgan fingerprint density at radius 1 is 1.11 bits per heavy atom. The van der Waals surface area contributed by atoms with Crippen molar-refractivity contribution < 1.29 is 9.18 Å². The molecule has 0 unspecified atom stereocenters. The maximum Gasteiger partial charge on any atom is 0.259 e. The Labute approximate surface area is 174 Å². The number of amides is 1. The molecule has 0 spiro atoms. The van der Waals surface area contributed by atoms with Crippen LogP contribution in [0.25, 0.3) is 0 Å². The van der Waals surface area contributed by atoms with E-state index in [0.717, 1.165) is 4.90 Å². The number of nitrogens with zero attached hydrogens (tertiary/aromatic N) is 4. The first kappa shape index (κ1) is 19.2. The number of carbonyl (C=O) groups excluding carboxylic acids is 1. The fourth-order valence-corrected chi connectivity index (χ4v) is 4.02. The molecule has 1 fully saturated rings. The molecule has 0 atom stereocenters. The second kappa shape index (κ2) is 6.87. The predicted molar refractivity (Wildman–Crippen MR) is 112 cm³/mol. The van der Waals surface area contributed by atoms with Gasteiger partial charge in [0.15, 0.2) is 10.9 Å². The van der Waals surface area contributed by atoms with E-state index in [-0.39, 0.29) is 25.8 Å². The topological polar surface area (TPSA) is 71.1 Å². The van der Waals surface area contributed by atoms with Crippen molar-refractivity contribution in [2.24, 2.45) is 0 Å². The Bertz CT molecular complexity index is 1050. The number of anilines is 2. The zero-order valence-electron chi connectivity index (χ0n) is 14.3. The minimum Gasteiger partial charge on any atom is -0.304 e. The number of nitriles is 2. The van der Waals surface area contributed by atoms with Crippen LogP contribution in [0.1, 0.15) is 25.0 Å². The van der Waals surface area contributed by atoms with Crippen LogP contribution in [0.15, 0.2) is 36.4 Å². The van der Waals surface area contributed by atoms with E-state index in [1.165, 1.54) is 12.1 Å². The van der Waals surface area contributed by atoms with Crippen molar-refractivity contribution in [3.63, 3.8) is 0 Å². The molecular formula is C19H12FIN4OS. The summed E-state index contributed by atoms with van der Waals surface area (Å²) in [5.74, 6) is -1.04. The SMILES string of the molecule is CC1(C)C(=O)N(c2ccc(C#N)c(I)c2F)C(=S)N1c1ccc(C#N)cc1. The van der Waals surface area contributed by atoms with Crippen LogP contribution in [0.5, 0.6) is 0 Å². The van der Waals surface area contributed by atoms with Gasteiger partial charge in [-0.2, -0.15) is 10.5 Å². The molecule has 2 aromatic carbocycles. The van der Waals surface area contributed by atoms with Gasteiger partial charge in [-0.1, -0.05) is 0 Å². The molecule has 0 saturated carbocycles. The lowest BCUT2D eigenvalue weighted by molar-refractivity contribution is -0.120. The van der Waals surface area contributed by atoms with Crippen molar-refractivity contribution in [3.05, 3.63) is 56.9 Å². The van der Waals surface area contributed by atoms with Crippen molar-refractivity contribution in [2.75, 3.05) is 9.80 Å². The molecule has 0 N–H and O–H groups in total. The van der Waals surface area contributed by atoms with Gasteiger partial charge in [0, 0.05) is 5.69 Å². The maximum absolute atomic E-state index is 14.9. The van der Waals surface area contributed by atoms with Crippen LogP contribution in [0, 0.1) is 32.0 Å². The molecule has 8 heteroatoms. The second-order valence-corrected chi connectivity index (χ2v) is 7.79. The van der Waals surface area contributed by atoms with Gasteiger partial charge in [-0.25, -0.2) is 4.39 Å². The molecule has 1 aliphatic rings. The molecule has 5 nitrogen and oxygen atoms in total. The fraction of sp³-hybridized carbons (Fsp3) is 0.158. The first-order valence-electron chi connectivity index (χ1n) is 7.81. The van der Waals surface area contributed by atoms with Crippen LogP contribution >= 0.6 is 34.8 Å². The molecule has 134 valence electrons. The van der Waals surface area contributed by atoms with Crippen LogP contribution in [-0.2, 0) is 4.79 Å². The van der Waals surface area contributed by atoms with E-state index in [2.05, 4.69) is 0 Å². The summed E-state index contributed by atoms with van der Waals surface area (Å²) in [4.78, 5) is 15.9. The fourth-order valence-electron chi connectivity index (χ4n) is 2.92. The number of rotatable bonds is 2. The summed E-state index contributed by atoms with van der Waals surface area (Å²) in [5, 5.41) is 18.2. The van der Waals surface area contributed by atoms with E-state index >= 15 is 0 Å². The molecule has 1 heterocycles. The van der Waals surface area contributed by atoms with E-state index in [1.807, 2.05) is 12.1 Å². The molecule has 1 amide bonds. The third-order valence-electron chi connectivity index (χ3n) is 4.35. The number of hydrogen-bond acceptors (Lipinski definition) is 4. The van der Waals surface area contributed by atoms with Crippen LogP contribution < -0.4 is 9.80 Å². The van der Waals surface area contributed by atoms with Gasteiger partial charge in [0.2, 0.25) is 0 Å². The normalized spacial score (nSPS) is 15.6. The van der Waals surface area contributed by atoms with E-state index in [0.29, 0.717) is 11.3 Å². The number of hydrogen-bond donors (Lipinski definition) is 0. The zero-order chi connectivity index (χ0) is 19.9. The molecule has 0 bridgehead atoms. The monoisotopic (exact) mass is 490 g/mol. The van der Waals surface area contributed by atoms with Gasteiger partial charge in [-0.15, -0.1) is 0 Å². The summed E-state index contributed by atoms with van der Waals surface area (Å²) < 4.78 is 15.0.